The van der Waals surface area contributed by atoms with Gasteiger partial charge in [0, 0.05) is 16.3 Å². The number of para-hydroxylation sites is 2. The minimum Gasteiger partial charge on any atom is -0.507 e. The highest BCUT2D eigenvalue weighted by Gasteiger charge is 2.16. The Hall–Kier alpha value is -3.57. The largest absolute Gasteiger partial charge is 0.507 e. The van der Waals surface area contributed by atoms with E-state index < -0.39 is 5.97 Å². The molecule has 3 aromatic carbocycles. The van der Waals surface area contributed by atoms with Crippen LogP contribution in [0, 0.1) is 0 Å². The van der Waals surface area contributed by atoms with Crippen molar-refractivity contribution in [3.05, 3.63) is 96.6 Å². The zero-order valence-electron chi connectivity index (χ0n) is 14.8. The van der Waals surface area contributed by atoms with E-state index in [0.29, 0.717) is 0 Å². The molecule has 2 N–H and O–H groups in total. The molecule has 1 aromatic heterocycles. The highest BCUT2D eigenvalue weighted by molar-refractivity contribution is 7.19. The predicted molar refractivity (Wildman–Crippen MR) is 113 cm³/mol. The number of aromatic hydroxyl groups is 1. The van der Waals surface area contributed by atoms with Crippen LogP contribution in [0.3, 0.4) is 0 Å². The second-order valence-corrected chi connectivity index (χ2v) is 7.24. The Morgan fingerprint density at radius 2 is 1.39 bits per heavy atom. The van der Waals surface area contributed by atoms with Crippen LogP contribution in [0.25, 0.3) is 10.4 Å². The summed E-state index contributed by atoms with van der Waals surface area (Å²) in [7, 11) is 0. The Morgan fingerprint density at radius 3 is 1.93 bits per heavy atom. The number of nitrogens with zero attached hydrogens (tertiary/aromatic N) is 1. The Balaban J connectivity index is 1.75. The number of carboxylic acids is 1. The van der Waals surface area contributed by atoms with Crippen LogP contribution in [-0.4, -0.2) is 16.2 Å². The number of phenols is 1. The van der Waals surface area contributed by atoms with Gasteiger partial charge < -0.3 is 15.1 Å². The summed E-state index contributed by atoms with van der Waals surface area (Å²) in [5, 5.41) is 20.1. The molecule has 0 fully saturated rings. The normalized spacial score (nSPS) is 10.6. The summed E-state index contributed by atoms with van der Waals surface area (Å²) in [6.45, 7) is 0. The first-order valence-electron chi connectivity index (χ1n) is 8.70. The van der Waals surface area contributed by atoms with E-state index in [1.54, 1.807) is 17.4 Å². The first kappa shape index (κ1) is 17.8. The van der Waals surface area contributed by atoms with Gasteiger partial charge in [-0.25, -0.2) is 4.79 Å². The maximum Gasteiger partial charge on any atom is 0.339 e. The summed E-state index contributed by atoms with van der Waals surface area (Å²) in [5.74, 6) is -1.38. The summed E-state index contributed by atoms with van der Waals surface area (Å²) in [4.78, 5) is 14.2. The Bertz CT molecular complexity index is 1070. The van der Waals surface area contributed by atoms with Gasteiger partial charge in [-0.1, -0.05) is 42.5 Å². The number of aromatic carboxylic acids is 1. The van der Waals surface area contributed by atoms with Crippen LogP contribution in [0.15, 0.2) is 91.0 Å². The van der Waals surface area contributed by atoms with Gasteiger partial charge in [-0.15, -0.1) is 11.3 Å². The lowest BCUT2D eigenvalue weighted by molar-refractivity contribution is 0.0694. The van der Waals surface area contributed by atoms with E-state index in [1.807, 2.05) is 48.5 Å². The van der Waals surface area contributed by atoms with Crippen LogP contribution in [0.1, 0.15) is 10.4 Å². The molecule has 0 atom stereocenters. The van der Waals surface area contributed by atoms with Gasteiger partial charge in [0.15, 0.2) is 0 Å². The van der Waals surface area contributed by atoms with Crippen molar-refractivity contribution in [1.82, 2.24) is 0 Å². The van der Waals surface area contributed by atoms with Crippen LogP contribution in [0.4, 0.5) is 16.4 Å². The van der Waals surface area contributed by atoms with E-state index in [9.17, 15) is 9.90 Å². The van der Waals surface area contributed by atoms with Crippen molar-refractivity contribution in [2.24, 2.45) is 0 Å². The highest BCUT2D eigenvalue weighted by Crippen LogP contribution is 2.42. The fourth-order valence-corrected chi connectivity index (χ4v) is 4.07. The van der Waals surface area contributed by atoms with Crippen molar-refractivity contribution in [2.45, 2.75) is 0 Å². The van der Waals surface area contributed by atoms with E-state index >= 15 is 0 Å². The molecule has 0 unspecified atom stereocenters. The van der Waals surface area contributed by atoms with Gasteiger partial charge in [-0.2, -0.15) is 0 Å². The van der Waals surface area contributed by atoms with E-state index in [0.717, 1.165) is 26.8 Å². The molecule has 28 heavy (non-hydrogen) atoms. The van der Waals surface area contributed by atoms with Crippen LogP contribution in [0.2, 0.25) is 0 Å². The Morgan fingerprint density at radius 1 is 0.786 bits per heavy atom. The van der Waals surface area contributed by atoms with Crippen molar-refractivity contribution >= 4 is 33.7 Å². The molecule has 4 nitrogen and oxygen atoms in total. The SMILES string of the molecule is O=C(O)c1ccc(-c2ccc(N(c3ccccc3)c3ccccc3)s2)cc1O. The van der Waals surface area contributed by atoms with Gasteiger partial charge in [0.05, 0.1) is 0 Å². The lowest BCUT2D eigenvalue weighted by Crippen LogP contribution is -2.07. The number of benzene rings is 3. The molecule has 0 aliphatic heterocycles. The molecule has 0 saturated heterocycles. The molecule has 5 heteroatoms. The van der Waals surface area contributed by atoms with E-state index in [-0.39, 0.29) is 11.3 Å². The number of anilines is 3. The molecule has 0 aliphatic rings. The second-order valence-electron chi connectivity index (χ2n) is 6.18. The highest BCUT2D eigenvalue weighted by atomic mass is 32.1. The van der Waals surface area contributed by atoms with E-state index in [4.69, 9.17) is 5.11 Å². The van der Waals surface area contributed by atoms with Crippen LogP contribution in [0.5, 0.6) is 5.75 Å². The van der Waals surface area contributed by atoms with Gasteiger partial charge in [0.25, 0.3) is 0 Å². The van der Waals surface area contributed by atoms with E-state index in [2.05, 4.69) is 29.2 Å². The molecule has 0 amide bonds. The molecule has 0 spiro atoms. The van der Waals surface area contributed by atoms with Crippen molar-refractivity contribution < 1.29 is 15.0 Å². The summed E-state index contributed by atoms with van der Waals surface area (Å²) in [6, 6.07) is 28.9. The predicted octanol–water partition coefficient (Wildman–Crippen LogP) is 6.29. The maximum absolute atomic E-state index is 11.1. The average Bonchev–Trinajstić information content (AvgIpc) is 3.19. The molecule has 4 aromatic rings. The number of hydrogen-bond donors (Lipinski definition) is 2. The topological polar surface area (TPSA) is 60.8 Å². The third-order valence-corrected chi connectivity index (χ3v) is 5.47. The van der Waals surface area contributed by atoms with Crippen molar-refractivity contribution in [1.29, 1.82) is 0 Å². The molecular weight excluding hydrogens is 370 g/mol. The molecule has 0 radical (unpaired) electrons. The van der Waals surface area contributed by atoms with Crippen molar-refractivity contribution in [3.8, 4) is 16.2 Å². The monoisotopic (exact) mass is 387 g/mol. The van der Waals surface area contributed by atoms with Crippen LogP contribution >= 0.6 is 11.3 Å². The van der Waals surface area contributed by atoms with Gasteiger partial charge >= 0.3 is 5.97 Å². The number of rotatable bonds is 5. The molecule has 138 valence electrons. The van der Waals surface area contributed by atoms with Crippen molar-refractivity contribution in [2.75, 3.05) is 4.90 Å². The smallest absolute Gasteiger partial charge is 0.339 e. The first-order chi connectivity index (χ1) is 13.6. The minimum atomic E-state index is -1.14. The van der Waals surface area contributed by atoms with E-state index in [1.165, 1.54) is 12.1 Å². The molecule has 4 rings (SSSR count). The molecule has 0 aliphatic carbocycles. The fraction of sp³-hybridized carbons (Fsp3) is 0. The zero-order valence-corrected chi connectivity index (χ0v) is 15.6. The quantitative estimate of drug-likeness (QED) is 0.422. The Labute approximate surface area is 166 Å². The number of carbonyl (C=O) groups is 1. The second kappa shape index (κ2) is 7.58. The average molecular weight is 387 g/mol. The molecule has 0 saturated carbocycles. The standard InChI is InChI=1S/C23H17NO3S/c25-20-15-16(11-12-19(20)23(26)27)21-13-14-22(28-21)24(17-7-3-1-4-8-17)18-9-5-2-6-10-18/h1-15,25H,(H,26,27). The molecular formula is C23H17NO3S. The van der Waals surface area contributed by atoms with Gasteiger partial charge in [-0.3, -0.25) is 0 Å². The minimum absolute atomic E-state index is 0.101. The van der Waals surface area contributed by atoms with Crippen LogP contribution in [-0.2, 0) is 0 Å². The van der Waals surface area contributed by atoms with Crippen LogP contribution < -0.4 is 4.90 Å². The molecule has 1 heterocycles. The lowest BCUT2D eigenvalue weighted by atomic mass is 10.1. The molecule has 0 bridgehead atoms. The zero-order chi connectivity index (χ0) is 19.5. The number of carboxylic acid groups (broad SMARTS) is 1. The summed E-state index contributed by atoms with van der Waals surface area (Å²) < 4.78 is 0. The third-order valence-electron chi connectivity index (χ3n) is 4.35. The van der Waals surface area contributed by atoms with Gasteiger partial charge in [-0.05, 0) is 54.1 Å². The maximum atomic E-state index is 11.1. The first-order valence-corrected chi connectivity index (χ1v) is 9.52. The van der Waals surface area contributed by atoms with Gasteiger partial charge in [0.1, 0.15) is 16.3 Å². The van der Waals surface area contributed by atoms with Crippen molar-refractivity contribution in [3.63, 3.8) is 0 Å². The summed E-state index contributed by atoms with van der Waals surface area (Å²) in [5.41, 5.74) is 2.77. The lowest BCUT2D eigenvalue weighted by Gasteiger charge is -2.23. The number of hydrogen-bond acceptors (Lipinski definition) is 4. The fourth-order valence-electron chi connectivity index (χ4n) is 3.03. The van der Waals surface area contributed by atoms with Gasteiger partial charge in [0.2, 0.25) is 0 Å². The number of thiophene rings is 1. The Kier molecular flexibility index (Phi) is 4.83. The summed E-state index contributed by atoms with van der Waals surface area (Å²) >= 11 is 1.57. The third kappa shape index (κ3) is 3.48. The summed E-state index contributed by atoms with van der Waals surface area (Å²) in [6.07, 6.45) is 0.